The molecule has 2 aromatic rings. The van der Waals surface area contributed by atoms with Crippen LogP contribution in [0.1, 0.15) is 17.7 Å². The molecule has 4 nitrogen and oxygen atoms in total. The predicted octanol–water partition coefficient (Wildman–Crippen LogP) is 1.96. The molecule has 16 heavy (non-hydrogen) atoms. The lowest BCUT2D eigenvalue weighted by Gasteiger charge is -2.05. The molecule has 0 atom stereocenters. The molecule has 0 aliphatic heterocycles. The summed E-state index contributed by atoms with van der Waals surface area (Å²) in [5.41, 5.74) is 2.54. The SMILES string of the molecule is Cc1nc2ncccc2cc1CCC(=O)O. The Bertz CT molecular complexity index is 538. The van der Waals surface area contributed by atoms with Gasteiger partial charge in [0.25, 0.3) is 0 Å². The van der Waals surface area contributed by atoms with Crippen molar-refractivity contribution in [2.75, 3.05) is 0 Å². The van der Waals surface area contributed by atoms with Crippen LogP contribution < -0.4 is 0 Å². The number of nitrogens with zero attached hydrogens (tertiary/aromatic N) is 2. The standard InChI is InChI=1S/C12H12N2O2/c1-8-9(4-5-11(15)16)7-10-3-2-6-13-12(10)14-8/h2-3,6-7H,4-5H2,1H3,(H,15,16). The Kier molecular flexibility index (Phi) is 2.81. The molecule has 0 fully saturated rings. The van der Waals surface area contributed by atoms with Crippen LogP contribution in [0.15, 0.2) is 24.4 Å². The number of carboxylic acid groups (broad SMARTS) is 1. The first-order valence-electron chi connectivity index (χ1n) is 5.10. The molecule has 0 amide bonds. The highest BCUT2D eigenvalue weighted by molar-refractivity contribution is 5.75. The Labute approximate surface area is 93.0 Å². The molecule has 82 valence electrons. The second-order valence-corrected chi connectivity index (χ2v) is 3.68. The average molecular weight is 216 g/mol. The quantitative estimate of drug-likeness (QED) is 0.851. The topological polar surface area (TPSA) is 63.1 Å². The van der Waals surface area contributed by atoms with E-state index in [9.17, 15) is 4.79 Å². The Morgan fingerprint density at radius 2 is 2.31 bits per heavy atom. The predicted molar refractivity (Wildman–Crippen MR) is 60.2 cm³/mol. The lowest BCUT2D eigenvalue weighted by Crippen LogP contribution is -2.01. The number of carbonyl (C=O) groups is 1. The lowest BCUT2D eigenvalue weighted by atomic mass is 10.1. The molecule has 1 N–H and O–H groups in total. The summed E-state index contributed by atoms with van der Waals surface area (Å²) in [5, 5.41) is 9.60. The number of pyridine rings is 2. The minimum absolute atomic E-state index is 0.133. The zero-order chi connectivity index (χ0) is 11.5. The zero-order valence-electron chi connectivity index (χ0n) is 8.97. The first kappa shape index (κ1) is 10.5. The van der Waals surface area contributed by atoms with Crippen LogP contribution in [-0.4, -0.2) is 21.0 Å². The Morgan fingerprint density at radius 3 is 3.06 bits per heavy atom. The van der Waals surface area contributed by atoms with Crippen molar-refractivity contribution in [3.05, 3.63) is 35.7 Å². The van der Waals surface area contributed by atoms with E-state index in [1.807, 2.05) is 25.1 Å². The van der Waals surface area contributed by atoms with Gasteiger partial charge in [0.15, 0.2) is 5.65 Å². The highest BCUT2D eigenvalue weighted by Crippen LogP contribution is 2.15. The van der Waals surface area contributed by atoms with Crippen molar-refractivity contribution >= 4 is 17.0 Å². The molecule has 2 heterocycles. The molecule has 0 aromatic carbocycles. The van der Waals surface area contributed by atoms with Crippen LogP contribution in [0, 0.1) is 6.92 Å². The van der Waals surface area contributed by atoms with Crippen LogP contribution in [0.25, 0.3) is 11.0 Å². The van der Waals surface area contributed by atoms with Crippen molar-refractivity contribution in [1.29, 1.82) is 0 Å². The highest BCUT2D eigenvalue weighted by atomic mass is 16.4. The molecule has 2 rings (SSSR count). The number of aromatic nitrogens is 2. The lowest BCUT2D eigenvalue weighted by molar-refractivity contribution is -0.136. The summed E-state index contributed by atoms with van der Waals surface area (Å²) in [7, 11) is 0. The van der Waals surface area contributed by atoms with Gasteiger partial charge in [-0.3, -0.25) is 4.79 Å². The van der Waals surface area contributed by atoms with Crippen molar-refractivity contribution in [1.82, 2.24) is 9.97 Å². The van der Waals surface area contributed by atoms with Gasteiger partial charge in [-0.15, -0.1) is 0 Å². The summed E-state index contributed by atoms with van der Waals surface area (Å²) < 4.78 is 0. The first-order chi connectivity index (χ1) is 7.66. The van der Waals surface area contributed by atoms with Gasteiger partial charge < -0.3 is 5.11 Å². The Morgan fingerprint density at radius 1 is 1.50 bits per heavy atom. The summed E-state index contributed by atoms with van der Waals surface area (Å²) >= 11 is 0. The fourth-order valence-corrected chi connectivity index (χ4v) is 1.63. The molecule has 0 radical (unpaired) electrons. The van der Waals surface area contributed by atoms with E-state index < -0.39 is 5.97 Å². The van der Waals surface area contributed by atoms with Gasteiger partial charge in [0.05, 0.1) is 0 Å². The summed E-state index contributed by atoms with van der Waals surface area (Å²) in [6, 6.07) is 5.74. The second-order valence-electron chi connectivity index (χ2n) is 3.68. The molecule has 0 bridgehead atoms. The highest BCUT2D eigenvalue weighted by Gasteiger charge is 2.05. The number of aliphatic carboxylic acids is 1. The maximum absolute atomic E-state index is 10.5. The number of aryl methyl sites for hydroxylation is 2. The van der Waals surface area contributed by atoms with Gasteiger partial charge in [0.1, 0.15) is 0 Å². The Balaban J connectivity index is 2.38. The number of hydrogen-bond donors (Lipinski definition) is 1. The molecular weight excluding hydrogens is 204 g/mol. The molecule has 0 aliphatic carbocycles. The van der Waals surface area contributed by atoms with Gasteiger partial charge in [-0.05, 0) is 37.1 Å². The van der Waals surface area contributed by atoms with Gasteiger partial charge >= 0.3 is 5.97 Å². The summed E-state index contributed by atoms with van der Waals surface area (Å²) in [4.78, 5) is 19.0. The van der Waals surface area contributed by atoms with E-state index in [0.717, 1.165) is 16.6 Å². The summed E-state index contributed by atoms with van der Waals surface area (Å²) in [5.74, 6) is -0.786. The third-order valence-corrected chi connectivity index (χ3v) is 2.49. The van der Waals surface area contributed by atoms with Crippen LogP contribution in [0.4, 0.5) is 0 Å². The van der Waals surface area contributed by atoms with Crippen LogP contribution >= 0.6 is 0 Å². The van der Waals surface area contributed by atoms with Crippen LogP contribution in [0.2, 0.25) is 0 Å². The maximum Gasteiger partial charge on any atom is 0.303 e. The van der Waals surface area contributed by atoms with Crippen molar-refractivity contribution in [3.8, 4) is 0 Å². The van der Waals surface area contributed by atoms with Crippen molar-refractivity contribution in [3.63, 3.8) is 0 Å². The molecule has 0 spiro atoms. The molecule has 0 unspecified atom stereocenters. The van der Waals surface area contributed by atoms with E-state index >= 15 is 0 Å². The van der Waals surface area contributed by atoms with Gasteiger partial charge in [-0.2, -0.15) is 0 Å². The summed E-state index contributed by atoms with van der Waals surface area (Å²) in [6.45, 7) is 1.88. The maximum atomic E-state index is 10.5. The van der Waals surface area contributed by atoms with E-state index in [4.69, 9.17) is 5.11 Å². The molecule has 0 saturated heterocycles. The molecular formula is C12H12N2O2. The fraction of sp³-hybridized carbons (Fsp3) is 0.250. The van der Waals surface area contributed by atoms with Crippen molar-refractivity contribution in [2.45, 2.75) is 19.8 Å². The minimum atomic E-state index is -0.786. The second kappa shape index (κ2) is 4.26. The van der Waals surface area contributed by atoms with Gasteiger partial charge in [-0.25, -0.2) is 9.97 Å². The normalized spacial score (nSPS) is 10.6. The third kappa shape index (κ3) is 2.16. The largest absolute Gasteiger partial charge is 0.481 e. The fourth-order valence-electron chi connectivity index (χ4n) is 1.63. The first-order valence-corrected chi connectivity index (χ1v) is 5.10. The van der Waals surface area contributed by atoms with Crippen molar-refractivity contribution < 1.29 is 9.90 Å². The average Bonchev–Trinajstić information content (AvgIpc) is 2.26. The van der Waals surface area contributed by atoms with E-state index in [2.05, 4.69) is 9.97 Å². The van der Waals surface area contributed by atoms with Crippen LogP contribution in [0.3, 0.4) is 0 Å². The monoisotopic (exact) mass is 216 g/mol. The number of fused-ring (bicyclic) bond motifs is 1. The molecule has 4 heteroatoms. The van der Waals surface area contributed by atoms with E-state index in [0.29, 0.717) is 12.1 Å². The smallest absolute Gasteiger partial charge is 0.303 e. The molecule has 2 aromatic heterocycles. The minimum Gasteiger partial charge on any atom is -0.481 e. The zero-order valence-corrected chi connectivity index (χ0v) is 8.97. The molecule has 0 aliphatic rings. The van der Waals surface area contributed by atoms with Crippen LogP contribution in [0.5, 0.6) is 0 Å². The number of rotatable bonds is 3. The van der Waals surface area contributed by atoms with E-state index in [1.165, 1.54) is 0 Å². The van der Waals surface area contributed by atoms with Gasteiger partial charge in [0, 0.05) is 23.7 Å². The number of hydrogen-bond acceptors (Lipinski definition) is 3. The van der Waals surface area contributed by atoms with Gasteiger partial charge in [0.2, 0.25) is 0 Å². The van der Waals surface area contributed by atoms with E-state index in [-0.39, 0.29) is 6.42 Å². The molecule has 0 saturated carbocycles. The Hall–Kier alpha value is -1.97. The van der Waals surface area contributed by atoms with Crippen molar-refractivity contribution in [2.24, 2.45) is 0 Å². The summed E-state index contributed by atoms with van der Waals surface area (Å²) in [6.07, 6.45) is 2.35. The van der Waals surface area contributed by atoms with Crippen LogP contribution in [-0.2, 0) is 11.2 Å². The van der Waals surface area contributed by atoms with E-state index in [1.54, 1.807) is 6.20 Å². The van der Waals surface area contributed by atoms with Gasteiger partial charge in [-0.1, -0.05) is 0 Å². The number of carboxylic acids is 1. The third-order valence-electron chi connectivity index (χ3n) is 2.49.